The SMILES string of the molecule is CCc1nc([C@@H](C)NC(=O)NC[C@@H](C)Cn2nc(C)cc2C)cs1. The van der Waals surface area contributed by atoms with Crippen molar-refractivity contribution in [3.63, 3.8) is 0 Å². The number of aromatic nitrogens is 3. The summed E-state index contributed by atoms with van der Waals surface area (Å²) in [5.74, 6) is 0.301. The second kappa shape index (κ2) is 8.28. The lowest BCUT2D eigenvalue weighted by atomic mass is 10.2. The number of rotatable bonds is 7. The Morgan fingerprint density at radius 3 is 2.71 bits per heavy atom. The maximum Gasteiger partial charge on any atom is 0.315 e. The second-order valence-corrected chi connectivity index (χ2v) is 7.25. The standard InChI is InChI=1S/C17H27N5OS/c1-6-16-20-15(10-24-16)14(5)19-17(23)18-8-11(2)9-22-13(4)7-12(3)21-22/h7,10-11,14H,6,8-9H2,1-5H3,(H2,18,19,23)/t11-,14-/m1/s1. The number of carbonyl (C=O) groups is 1. The molecule has 2 amide bonds. The summed E-state index contributed by atoms with van der Waals surface area (Å²) in [6.07, 6.45) is 0.924. The minimum atomic E-state index is -0.159. The van der Waals surface area contributed by atoms with Crippen LogP contribution in [0.3, 0.4) is 0 Å². The summed E-state index contributed by atoms with van der Waals surface area (Å²) < 4.78 is 1.99. The van der Waals surface area contributed by atoms with Crippen molar-refractivity contribution in [3.8, 4) is 0 Å². The van der Waals surface area contributed by atoms with E-state index in [1.54, 1.807) is 11.3 Å². The summed E-state index contributed by atoms with van der Waals surface area (Å²) in [6, 6.07) is 1.81. The van der Waals surface area contributed by atoms with Gasteiger partial charge in [0.25, 0.3) is 0 Å². The third-order valence-electron chi connectivity index (χ3n) is 3.86. The molecule has 2 aromatic rings. The summed E-state index contributed by atoms with van der Waals surface area (Å²) >= 11 is 1.64. The molecule has 2 N–H and O–H groups in total. The Morgan fingerprint density at radius 1 is 1.38 bits per heavy atom. The first-order chi connectivity index (χ1) is 11.4. The third-order valence-corrected chi connectivity index (χ3v) is 4.87. The zero-order valence-electron chi connectivity index (χ0n) is 15.1. The van der Waals surface area contributed by atoms with Gasteiger partial charge in [-0.05, 0) is 39.2 Å². The Morgan fingerprint density at radius 2 is 2.12 bits per heavy atom. The van der Waals surface area contributed by atoms with Gasteiger partial charge in [-0.3, -0.25) is 4.68 Å². The Kier molecular flexibility index (Phi) is 6.36. The van der Waals surface area contributed by atoms with Crippen LogP contribution in [0.25, 0.3) is 0 Å². The predicted octanol–water partition coefficient (Wildman–Crippen LogP) is 3.22. The molecule has 132 valence electrons. The van der Waals surface area contributed by atoms with Gasteiger partial charge >= 0.3 is 6.03 Å². The lowest BCUT2D eigenvalue weighted by Gasteiger charge is -2.16. The van der Waals surface area contributed by atoms with Crippen molar-refractivity contribution in [2.45, 2.75) is 53.6 Å². The monoisotopic (exact) mass is 349 g/mol. The van der Waals surface area contributed by atoms with E-state index in [4.69, 9.17) is 0 Å². The molecule has 0 saturated carbocycles. The van der Waals surface area contributed by atoms with E-state index >= 15 is 0 Å². The first-order valence-corrected chi connectivity index (χ1v) is 9.26. The summed E-state index contributed by atoms with van der Waals surface area (Å²) in [4.78, 5) is 16.6. The minimum absolute atomic E-state index is 0.0899. The molecular formula is C17H27N5OS. The molecule has 0 saturated heterocycles. The fourth-order valence-electron chi connectivity index (χ4n) is 2.49. The molecule has 2 aromatic heterocycles. The average molecular weight is 350 g/mol. The molecule has 2 atom stereocenters. The number of amides is 2. The third kappa shape index (κ3) is 5.06. The Bertz CT molecular complexity index is 678. The number of hydrogen-bond acceptors (Lipinski definition) is 4. The molecule has 2 heterocycles. The van der Waals surface area contributed by atoms with Crippen molar-refractivity contribution in [2.75, 3.05) is 6.54 Å². The predicted molar refractivity (Wildman–Crippen MR) is 97.3 cm³/mol. The first kappa shape index (κ1) is 18.4. The van der Waals surface area contributed by atoms with Crippen LogP contribution in [0.2, 0.25) is 0 Å². The van der Waals surface area contributed by atoms with Gasteiger partial charge in [-0.2, -0.15) is 5.10 Å². The van der Waals surface area contributed by atoms with Crippen molar-refractivity contribution < 1.29 is 4.79 Å². The van der Waals surface area contributed by atoms with E-state index in [0.717, 1.165) is 35.1 Å². The van der Waals surface area contributed by atoms with E-state index < -0.39 is 0 Å². The highest BCUT2D eigenvalue weighted by molar-refractivity contribution is 7.09. The fourth-order valence-corrected chi connectivity index (χ4v) is 3.33. The Balaban J connectivity index is 1.76. The van der Waals surface area contributed by atoms with Crippen LogP contribution in [0.15, 0.2) is 11.4 Å². The molecule has 0 spiro atoms. The van der Waals surface area contributed by atoms with Crippen LogP contribution in [0.1, 0.15) is 48.9 Å². The van der Waals surface area contributed by atoms with Crippen LogP contribution < -0.4 is 10.6 Å². The van der Waals surface area contributed by atoms with Gasteiger partial charge in [0.15, 0.2) is 0 Å². The van der Waals surface area contributed by atoms with Crippen molar-refractivity contribution >= 4 is 17.4 Å². The van der Waals surface area contributed by atoms with Gasteiger partial charge < -0.3 is 10.6 Å². The zero-order valence-corrected chi connectivity index (χ0v) is 15.9. The largest absolute Gasteiger partial charge is 0.338 e. The van der Waals surface area contributed by atoms with Crippen LogP contribution in [0.5, 0.6) is 0 Å². The number of aryl methyl sites for hydroxylation is 3. The van der Waals surface area contributed by atoms with E-state index in [-0.39, 0.29) is 12.1 Å². The number of nitrogens with one attached hydrogen (secondary N) is 2. The number of carbonyl (C=O) groups excluding carboxylic acids is 1. The maximum atomic E-state index is 12.1. The molecule has 0 bridgehead atoms. The highest BCUT2D eigenvalue weighted by Crippen LogP contribution is 2.16. The van der Waals surface area contributed by atoms with Gasteiger partial charge in [-0.1, -0.05) is 13.8 Å². The summed E-state index contributed by atoms with van der Waals surface area (Å²) in [5.41, 5.74) is 3.09. The smallest absolute Gasteiger partial charge is 0.315 e. The lowest BCUT2D eigenvalue weighted by Crippen LogP contribution is -2.39. The van der Waals surface area contributed by atoms with Gasteiger partial charge in [0, 0.05) is 24.2 Å². The number of thiazole rings is 1. The molecule has 0 fully saturated rings. The number of urea groups is 1. The van der Waals surface area contributed by atoms with Gasteiger partial charge in [0.1, 0.15) is 0 Å². The van der Waals surface area contributed by atoms with Crippen molar-refractivity contribution in [2.24, 2.45) is 5.92 Å². The highest BCUT2D eigenvalue weighted by Gasteiger charge is 2.14. The van der Waals surface area contributed by atoms with Gasteiger partial charge in [-0.25, -0.2) is 9.78 Å². The van der Waals surface area contributed by atoms with E-state index in [9.17, 15) is 4.79 Å². The van der Waals surface area contributed by atoms with Gasteiger partial charge in [-0.15, -0.1) is 11.3 Å². The van der Waals surface area contributed by atoms with E-state index in [1.165, 1.54) is 0 Å². The van der Waals surface area contributed by atoms with Crippen molar-refractivity contribution in [1.29, 1.82) is 0 Å². The summed E-state index contributed by atoms with van der Waals surface area (Å²) in [7, 11) is 0. The molecule has 0 aliphatic rings. The Labute approximate surface area is 147 Å². The van der Waals surface area contributed by atoms with Crippen molar-refractivity contribution in [1.82, 2.24) is 25.4 Å². The maximum absolute atomic E-state index is 12.1. The van der Waals surface area contributed by atoms with Crippen LogP contribution >= 0.6 is 11.3 Å². The molecule has 2 rings (SSSR count). The summed E-state index contributed by atoms with van der Waals surface area (Å²) in [5, 5.41) is 13.4. The molecular weight excluding hydrogens is 322 g/mol. The van der Waals surface area contributed by atoms with Crippen LogP contribution in [0, 0.1) is 19.8 Å². The van der Waals surface area contributed by atoms with Crippen LogP contribution in [-0.2, 0) is 13.0 Å². The number of hydrogen-bond donors (Lipinski definition) is 2. The lowest BCUT2D eigenvalue weighted by molar-refractivity contribution is 0.235. The molecule has 24 heavy (non-hydrogen) atoms. The van der Waals surface area contributed by atoms with Crippen LogP contribution in [0.4, 0.5) is 4.79 Å². The number of nitrogens with zero attached hydrogens (tertiary/aromatic N) is 3. The summed E-state index contributed by atoms with van der Waals surface area (Å²) in [6.45, 7) is 11.6. The van der Waals surface area contributed by atoms with E-state index in [0.29, 0.717) is 12.5 Å². The molecule has 7 heteroatoms. The normalized spacial score (nSPS) is 13.5. The molecule has 6 nitrogen and oxygen atoms in total. The minimum Gasteiger partial charge on any atom is -0.338 e. The molecule has 0 radical (unpaired) electrons. The average Bonchev–Trinajstić information content (AvgIpc) is 3.12. The second-order valence-electron chi connectivity index (χ2n) is 6.31. The quantitative estimate of drug-likeness (QED) is 0.806. The van der Waals surface area contributed by atoms with E-state index in [1.807, 2.05) is 30.8 Å². The fraction of sp³-hybridized carbons (Fsp3) is 0.588. The molecule has 0 aliphatic heterocycles. The molecule has 0 aliphatic carbocycles. The highest BCUT2D eigenvalue weighted by atomic mass is 32.1. The van der Waals surface area contributed by atoms with Crippen LogP contribution in [-0.4, -0.2) is 27.3 Å². The Hall–Kier alpha value is -1.89. The molecule has 0 unspecified atom stereocenters. The van der Waals surface area contributed by atoms with Gasteiger partial charge in [0.2, 0.25) is 0 Å². The van der Waals surface area contributed by atoms with E-state index in [2.05, 4.69) is 40.6 Å². The van der Waals surface area contributed by atoms with Crippen molar-refractivity contribution in [3.05, 3.63) is 33.5 Å². The zero-order chi connectivity index (χ0) is 17.7. The molecule has 0 aromatic carbocycles. The van der Waals surface area contributed by atoms with Gasteiger partial charge in [0.05, 0.1) is 22.4 Å². The topological polar surface area (TPSA) is 71.8 Å². The first-order valence-electron chi connectivity index (χ1n) is 8.38.